The maximum absolute atomic E-state index is 16.2. The van der Waals surface area contributed by atoms with Crippen LogP contribution in [0.3, 0.4) is 0 Å². The van der Waals surface area contributed by atoms with Gasteiger partial charge in [0.2, 0.25) is 11.8 Å². The second-order valence-corrected chi connectivity index (χ2v) is 16.6. The van der Waals surface area contributed by atoms with E-state index in [2.05, 4.69) is 0 Å². The van der Waals surface area contributed by atoms with E-state index in [9.17, 15) is 9.59 Å². The smallest absolute Gasteiger partial charge is 0.312 e. The highest BCUT2D eigenvalue weighted by atomic mass is 35.5. The number of benzene rings is 2. The fourth-order valence-corrected chi connectivity index (χ4v) is 9.45. The molecule has 2 aliphatic carbocycles. The van der Waals surface area contributed by atoms with Crippen LogP contribution in [-0.4, -0.2) is 79.6 Å². The third-order valence-electron chi connectivity index (χ3n) is 12.7. The van der Waals surface area contributed by atoms with Crippen LogP contribution in [0.25, 0.3) is 0 Å². The van der Waals surface area contributed by atoms with E-state index in [1.165, 1.54) is 13.2 Å². The van der Waals surface area contributed by atoms with Gasteiger partial charge in [-0.05, 0) is 87.5 Å². The summed E-state index contributed by atoms with van der Waals surface area (Å²) in [5.41, 5.74) is 8.27. The minimum atomic E-state index is -1.13. The number of amides is 2. The van der Waals surface area contributed by atoms with Crippen molar-refractivity contribution in [2.24, 2.45) is 28.3 Å². The van der Waals surface area contributed by atoms with Gasteiger partial charge in [0.05, 0.1) is 43.0 Å². The van der Waals surface area contributed by atoms with E-state index in [-0.39, 0.29) is 54.3 Å². The van der Waals surface area contributed by atoms with Crippen LogP contribution >= 0.6 is 11.6 Å². The zero-order valence-corrected chi connectivity index (χ0v) is 32.9. The molecule has 14 heteroatoms. The van der Waals surface area contributed by atoms with Gasteiger partial charge in [-0.1, -0.05) is 24.4 Å². The number of nitrogens with zero attached hydrogens (tertiary/aromatic N) is 3. The summed E-state index contributed by atoms with van der Waals surface area (Å²) in [7, 11) is 3.10. The minimum Gasteiger partial charge on any atom is -0.497 e. The molecule has 3 heterocycles. The predicted octanol–water partition coefficient (Wildman–Crippen LogP) is 5.78. The third kappa shape index (κ3) is 7.66. The minimum absolute atomic E-state index is 0.0105. The molecule has 3 atom stereocenters. The number of nitrogens with two attached hydrogens (primary N) is 2. The van der Waals surface area contributed by atoms with Gasteiger partial charge in [0.25, 0.3) is 0 Å². The highest BCUT2D eigenvalue weighted by molar-refractivity contribution is 6.31. The molecule has 2 saturated heterocycles. The van der Waals surface area contributed by atoms with Crippen LogP contribution in [0, 0.1) is 22.6 Å². The lowest BCUT2D eigenvalue weighted by Gasteiger charge is -2.45. The molecule has 0 radical (unpaired) electrons. The molecule has 298 valence electrons. The topological polar surface area (TPSA) is 150 Å². The number of carbonyl (C=O) groups is 3. The van der Waals surface area contributed by atoms with Gasteiger partial charge >= 0.3 is 5.97 Å². The number of fused-ring (bicyclic) bond motifs is 1. The van der Waals surface area contributed by atoms with Crippen molar-refractivity contribution in [2.75, 3.05) is 47.0 Å². The first-order chi connectivity index (χ1) is 26.4. The molecule has 2 aromatic rings. The lowest BCUT2D eigenvalue weighted by atomic mass is 9.66. The molecule has 3 aliphatic heterocycles. The molecule has 2 saturated carbocycles. The Morgan fingerprint density at radius 2 is 1.84 bits per heavy atom. The van der Waals surface area contributed by atoms with Crippen LogP contribution < -0.4 is 25.8 Å². The first-order valence-corrected chi connectivity index (χ1v) is 19.9. The predicted molar refractivity (Wildman–Crippen MR) is 203 cm³/mol. The fraction of sp³-hybridized carbons (Fsp3) is 0.585. The van der Waals surface area contributed by atoms with Gasteiger partial charge in [0, 0.05) is 54.8 Å². The largest absolute Gasteiger partial charge is 0.497 e. The van der Waals surface area contributed by atoms with Crippen LogP contribution in [-0.2, 0) is 32.1 Å². The van der Waals surface area contributed by atoms with Gasteiger partial charge in [-0.3, -0.25) is 14.4 Å². The molecule has 12 nitrogen and oxygen atoms in total. The maximum Gasteiger partial charge on any atom is 0.312 e. The molecule has 5 aliphatic rings. The number of methoxy groups -OCH3 is 2. The van der Waals surface area contributed by atoms with Crippen molar-refractivity contribution < 1.29 is 37.7 Å². The Hall–Kier alpha value is -4.23. The molecule has 55 heavy (non-hydrogen) atoms. The van der Waals surface area contributed by atoms with Gasteiger partial charge < -0.3 is 39.5 Å². The Bertz CT molecular complexity index is 1870. The number of esters is 1. The van der Waals surface area contributed by atoms with Gasteiger partial charge in [0.1, 0.15) is 24.7 Å². The summed E-state index contributed by atoms with van der Waals surface area (Å²) >= 11 is 6.76. The van der Waals surface area contributed by atoms with Crippen molar-refractivity contribution in [2.45, 2.75) is 90.2 Å². The Morgan fingerprint density at radius 1 is 1.04 bits per heavy atom. The number of hydrazine groups is 1. The summed E-state index contributed by atoms with van der Waals surface area (Å²) in [5.74, 6) is 5.22. The van der Waals surface area contributed by atoms with E-state index >= 15 is 9.18 Å². The number of hydrogen-bond donors (Lipinski definition) is 2. The third-order valence-corrected chi connectivity index (χ3v) is 13.0. The highest BCUT2D eigenvalue weighted by Gasteiger charge is 2.54. The average molecular weight is 782 g/mol. The standard InChI is InChI=1S/C41H53ClFN5O7/c1-40(39(51)55-22-25-10-11-26(52-2)18-34(25)53-3)13-6-4-8-28(40)38(50)47-17-12-27-29(42)19-30(43)37(54-23-31(44)32-9-5-7-16-48(32)45)36(27)33(47)21-46-24-41(14-15-41)20-35(46)49/h10-11,18-19,28,33H,4-9,12-17,20-24,44-45H2,1-3H3/b32-31-/t28-,33+,40-/m0/s1. The zero-order chi connectivity index (χ0) is 39.1. The van der Waals surface area contributed by atoms with Gasteiger partial charge in [-0.15, -0.1) is 0 Å². The van der Waals surface area contributed by atoms with Gasteiger partial charge in [0.15, 0.2) is 11.6 Å². The lowest BCUT2D eigenvalue weighted by molar-refractivity contribution is -0.169. The van der Waals surface area contributed by atoms with Crippen LogP contribution in [0.5, 0.6) is 17.2 Å². The van der Waals surface area contributed by atoms with Crippen molar-refractivity contribution in [3.05, 3.63) is 63.2 Å². The summed E-state index contributed by atoms with van der Waals surface area (Å²) in [6.07, 6.45) is 7.77. The Kier molecular flexibility index (Phi) is 11.2. The van der Waals surface area contributed by atoms with Crippen molar-refractivity contribution in [3.8, 4) is 17.2 Å². The van der Waals surface area contributed by atoms with Crippen LogP contribution in [0.1, 0.15) is 93.9 Å². The average Bonchev–Trinajstić information content (AvgIpc) is 3.86. The fourth-order valence-electron chi connectivity index (χ4n) is 9.16. The van der Waals surface area contributed by atoms with E-state index in [0.717, 1.165) is 44.2 Å². The van der Waals surface area contributed by atoms with Crippen molar-refractivity contribution in [3.63, 3.8) is 0 Å². The summed E-state index contributed by atoms with van der Waals surface area (Å²) < 4.78 is 39.2. The summed E-state index contributed by atoms with van der Waals surface area (Å²) in [4.78, 5) is 46.2. The first kappa shape index (κ1) is 39.0. The lowest BCUT2D eigenvalue weighted by Crippen LogP contribution is -2.53. The van der Waals surface area contributed by atoms with E-state index in [1.807, 2.05) is 6.92 Å². The Labute approximate surface area is 327 Å². The molecular formula is C41H53ClFN5O7. The number of allylic oxidation sites excluding steroid dienone is 1. The molecule has 2 amide bonds. The zero-order valence-electron chi connectivity index (χ0n) is 32.1. The quantitative estimate of drug-likeness (QED) is 0.212. The molecule has 0 aromatic heterocycles. The highest BCUT2D eigenvalue weighted by Crippen LogP contribution is 2.54. The molecule has 2 aromatic carbocycles. The summed E-state index contributed by atoms with van der Waals surface area (Å²) in [5, 5.41) is 1.85. The molecular weight excluding hydrogens is 729 g/mol. The number of likely N-dealkylation sites (tertiary alicyclic amines) is 1. The van der Waals surface area contributed by atoms with Crippen LogP contribution in [0.4, 0.5) is 4.39 Å². The van der Waals surface area contributed by atoms with Crippen LogP contribution in [0.15, 0.2) is 35.7 Å². The summed E-state index contributed by atoms with van der Waals surface area (Å²) in [6, 6.07) is 5.75. The van der Waals surface area contributed by atoms with E-state index in [0.29, 0.717) is 79.1 Å². The SMILES string of the molecule is COc1ccc(COC(=O)[C@@]2(C)CCCC[C@H]2C(=O)N2CCc3c(Cl)cc(F)c(OC/C(N)=C4\CCCCN4N)c3[C@H]2CN2CC3(CC3)CC2=O)c(OC)c1. The maximum atomic E-state index is 16.2. The van der Waals surface area contributed by atoms with E-state index in [1.54, 1.807) is 40.1 Å². The summed E-state index contributed by atoms with van der Waals surface area (Å²) in [6.45, 7) is 3.30. The van der Waals surface area contributed by atoms with Gasteiger partial charge in [-0.25, -0.2) is 10.2 Å². The number of carbonyl (C=O) groups excluding carboxylic acids is 3. The van der Waals surface area contributed by atoms with Gasteiger partial charge in [-0.2, -0.15) is 0 Å². The number of rotatable bonds is 11. The second kappa shape index (κ2) is 15.7. The van der Waals surface area contributed by atoms with Crippen molar-refractivity contribution >= 4 is 29.4 Å². The Morgan fingerprint density at radius 3 is 2.55 bits per heavy atom. The number of piperidine rings is 1. The molecule has 1 spiro atoms. The Balaban J connectivity index is 1.20. The monoisotopic (exact) mass is 781 g/mol. The molecule has 0 bridgehead atoms. The van der Waals surface area contributed by atoms with Crippen molar-refractivity contribution in [1.82, 2.24) is 14.8 Å². The first-order valence-electron chi connectivity index (χ1n) is 19.5. The van der Waals surface area contributed by atoms with Crippen molar-refractivity contribution in [1.29, 1.82) is 0 Å². The number of hydrogen-bond acceptors (Lipinski definition) is 10. The van der Waals surface area contributed by atoms with Crippen LogP contribution in [0.2, 0.25) is 5.02 Å². The van der Waals surface area contributed by atoms with E-state index in [4.69, 9.17) is 42.1 Å². The van der Waals surface area contributed by atoms with E-state index < -0.39 is 29.2 Å². The normalized spacial score (nSPS) is 25.4. The molecule has 7 rings (SSSR count). The molecule has 4 N–H and O–H groups in total. The number of ether oxygens (including phenoxy) is 4. The number of halogens is 2. The molecule has 0 unspecified atom stereocenters. The molecule has 4 fully saturated rings. The second-order valence-electron chi connectivity index (χ2n) is 16.2.